The van der Waals surface area contributed by atoms with Gasteiger partial charge in [-0.15, -0.1) is 0 Å². The number of carbonyl (C=O) groups is 1. The van der Waals surface area contributed by atoms with Gasteiger partial charge >= 0.3 is 0 Å². The SMILES string of the molecule is CCCCS(=O)(=O)C1(C(=O)NC)CCC(C)(C)CC1. The quantitative estimate of drug-likeness (QED) is 0.844. The average Bonchev–Trinajstić information content (AvgIpc) is 2.35. The molecular weight excluding hydrogens is 262 g/mol. The fourth-order valence-electron chi connectivity index (χ4n) is 2.77. The van der Waals surface area contributed by atoms with Crippen molar-refractivity contribution in [3.05, 3.63) is 0 Å². The van der Waals surface area contributed by atoms with Gasteiger partial charge in [-0.3, -0.25) is 4.79 Å². The molecule has 0 radical (unpaired) electrons. The topological polar surface area (TPSA) is 63.2 Å². The summed E-state index contributed by atoms with van der Waals surface area (Å²) in [4.78, 5) is 12.2. The molecular formula is C14H27NO3S. The summed E-state index contributed by atoms with van der Waals surface area (Å²) in [7, 11) is -1.85. The summed E-state index contributed by atoms with van der Waals surface area (Å²) >= 11 is 0. The van der Waals surface area contributed by atoms with Gasteiger partial charge in [-0.05, 0) is 37.5 Å². The predicted octanol–water partition coefficient (Wildman–Crippen LogP) is 2.29. The molecule has 1 aliphatic rings. The van der Waals surface area contributed by atoms with Crippen molar-refractivity contribution in [2.45, 2.75) is 64.0 Å². The van der Waals surface area contributed by atoms with Gasteiger partial charge in [-0.25, -0.2) is 8.42 Å². The summed E-state index contributed by atoms with van der Waals surface area (Å²) in [5, 5.41) is 2.57. The highest BCUT2D eigenvalue weighted by molar-refractivity contribution is 7.93. The highest BCUT2D eigenvalue weighted by atomic mass is 32.2. The van der Waals surface area contributed by atoms with Gasteiger partial charge < -0.3 is 5.32 Å². The highest BCUT2D eigenvalue weighted by Gasteiger charge is 2.52. The summed E-state index contributed by atoms with van der Waals surface area (Å²) in [6.45, 7) is 6.24. The Morgan fingerprint density at radius 2 is 1.68 bits per heavy atom. The van der Waals surface area contributed by atoms with Gasteiger partial charge in [0.25, 0.3) is 0 Å². The van der Waals surface area contributed by atoms with Crippen LogP contribution in [0.1, 0.15) is 59.3 Å². The van der Waals surface area contributed by atoms with Crippen molar-refractivity contribution in [1.29, 1.82) is 0 Å². The summed E-state index contributed by atoms with van der Waals surface area (Å²) in [6.07, 6.45) is 3.92. The van der Waals surface area contributed by atoms with Crippen LogP contribution in [0.15, 0.2) is 0 Å². The second-order valence-corrected chi connectivity index (χ2v) is 8.83. The molecule has 0 aromatic rings. The lowest BCUT2D eigenvalue weighted by atomic mass is 9.72. The molecule has 1 aliphatic carbocycles. The lowest BCUT2D eigenvalue weighted by Crippen LogP contribution is -2.55. The van der Waals surface area contributed by atoms with Crippen molar-refractivity contribution >= 4 is 15.7 Å². The third kappa shape index (κ3) is 3.30. The number of sulfone groups is 1. The second kappa shape index (κ2) is 5.81. The lowest BCUT2D eigenvalue weighted by Gasteiger charge is -2.41. The zero-order valence-corrected chi connectivity index (χ0v) is 13.4. The third-order valence-electron chi connectivity index (χ3n) is 4.41. The van der Waals surface area contributed by atoms with E-state index in [-0.39, 0.29) is 17.1 Å². The summed E-state index contributed by atoms with van der Waals surface area (Å²) < 4.78 is 24.0. The van der Waals surface area contributed by atoms with Crippen LogP contribution in [0.4, 0.5) is 0 Å². The minimum atomic E-state index is -3.38. The van der Waals surface area contributed by atoms with Gasteiger partial charge in [-0.2, -0.15) is 0 Å². The zero-order chi connectivity index (χ0) is 14.7. The first-order valence-corrected chi connectivity index (χ1v) is 8.80. The fourth-order valence-corrected chi connectivity index (χ4v) is 5.04. The van der Waals surface area contributed by atoms with Crippen molar-refractivity contribution in [3.63, 3.8) is 0 Å². The van der Waals surface area contributed by atoms with Crippen molar-refractivity contribution in [1.82, 2.24) is 5.32 Å². The fraction of sp³-hybridized carbons (Fsp3) is 0.929. The molecule has 1 fully saturated rings. The van der Waals surface area contributed by atoms with E-state index in [1.807, 2.05) is 6.92 Å². The van der Waals surface area contributed by atoms with Crippen LogP contribution in [0.3, 0.4) is 0 Å². The van der Waals surface area contributed by atoms with Gasteiger partial charge in [0, 0.05) is 7.05 Å². The predicted molar refractivity (Wildman–Crippen MR) is 77.7 cm³/mol. The lowest BCUT2D eigenvalue weighted by molar-refractivity contribution is -0.124. The Kier molecular flexibility index (Phi) is 5.04. The zero-order valence-electron chi connectivity index (χ0n) is 12.6. The maximum Gasteiger partial charge on any atom is 0.241 e. The van der Waals surface area contributed by atoms with Crippen LogP contribution in [0, 0.1) is 5.41 Å². The third-order valence-corrected chi connectivity index (χ3v) is 7.02. The van der Waals surface area contributed by atoms with Gasteiger partial charge in [0.15, 0.2) is 14.6 Å². The molecule has 0 aromatic carbocycles. The summed E-state index contributed by atoms with van der Waals surface area (Å²) in [6, 6.07) is 0. The van der Waals surface area contributed by atoms with Crippen LogP contribution in [0.25, 0.3) is 0 Å². The van der Waals surface area contributed by atoms with Crippen LogP contribution in [-0.2, 0) is 14.6 Å². The molecule has 4 nitrogen and oxygen atoms in total. The maximum atomic E-state index is 12.6. The van der Waals surface area contributed by atoms with Crippen LogP contribution in [0.5, 0.6) is 0 Å². The highest BCUT2D eigenvalue weighted by Crippen LogP contribution is 2.44. The van der Waals surface area contributed by atoms with E-state index in [2.05, 4.69) is 19.2 Å². The van der Waals surface area contributed by atoms with E-state index in [0.29, 0.717) is 19.3 Å². The van der Waals surface area contributed by atoms with Crippen molar-refractivity contribution < 1.29 is 13.2 Å². The molecule has 1 saturated carbocycles. The summed E-state index contributed by atoms with van der Waals surface area (Å²) in [5.74, 6) is -0.198. The van der Waals surface area contributed by atoms with E-state index in [1.54, 1.807) is 0 Å². The van der Waals surface area contributed by atoms with Crippen LogP contribution in [-0.4, -0.2) is 31.9 Å². The molecule has 0 aromatic heterocycles. The number of rotatable bonds is 5. The molecule has 1 amide bonds. The molecule has 0 unspecified atom stereocenters. The van der Waals surface area contributed by atoms with E-state index in [9.17, 15) is 13.2 Å². The van der Waals surface area contributed by atoms with E-state index in [4.69, 9.17) is 0 Å². The molecule has 19 heavy (non-hydrogen) atoms. The molecule has 0 atom stereocenters. The Hall–Kier alpha value is -0.580. The van der Waals surface area contributed by atoms with Crippen molar-refractivity contribution in [3.8, 4) is 0 Å². The molecule has 0 spiro atoms. The van der Waals surface area contributed by atoms with Gasteiger partial charge in [0.1, 0.15) is 0 Å². The minimum Gasteiger partial charge on any atom is -0.358 e. The Bertz CT molecular complexity index is 416. The molecule has 1 rings (SSSR count). The molecule has 0 saturated heterocycles. The Morgan fingerprint density at radius 3 is 2.11 bits per heavy atom. The van der Waals surface area contributed by atoms with Gasteiger partial charge in [-0.1, -0.05) is 27.2 Å². The number of unbranched alkanes of at least 4 members (excludes halogenated alkanes) is 1. The van der Waals surface area contributed by atoms with E-state index in [0.717, 1.165) is 19.3 Å². The van der Waals surface area contributed by atoms with E-state index >= 15 is 0 Å². The number of carbonyl (C=O) groups excluding carboxylic acids is 1. The standard InChI is InChI=1S/C14H27NO3S/c1-5-6-11-19(17,18)14(12(16)15-4)9-7-13(2,3)8-10-14/h5-11H2,1-4H3,(H,15,16). The molecule has 112 valence electrons. The number of hydrogen-bond donors (Lipinski definition) is 1. The number of nitrogens with one attached hydrogen (secondary N) is 1. The van der Waals surface area contributed by atoms with E-state index < -0.39 is 14.6 Å². The number of amides is 1. The molecule has 1 N–H and O–H groups in total. The molecule has 0 bridgehead atoms. The van der Waals surface area contributed by atoms with Gasteiger partial charge in [0.2, 0.25) is 5.91 Å². The first kappa shape index (κ1) is 16.5. The monoisotopic (exact) mass is 289 g/mol. The smallest absolute Gasteiger partial charge is 0.241 e. The minimum absolute atomic E-state index is 0.122. The Morgan fingerprint density at radius 1 is 1.16 bits per heavy atom. The van der Waals surface area contributed by atoms with Gasteiger partial charge in [0.05, 0.1) is 5.75 Å². The van der Waals surface area contributed by atoms with Crippen LogP contribution < -0.4 is 5.32 Å². The van der Waals surface area contributed by atoms with Crippen molar-refractivity contribution in [2.75, 3.05) is 12.8 Å². The molecule has 0 aliphatic heterocycles. The van der Waals surface area contributed by atoms with Crippen LogP contribution >= 0.6 is 0 Å². The molecule has 0 heterocycles. The number of hydrogen-bond acceptors (Lipinski definition) is 3. The first-order valence-electron chi connectivity index (χ1n) is 7.15. The summed E-state index contributed by atoms with van der Waals surface area (Å²) in [5.41, 5.74) is 0.137. The largest absolute Gasteiger partial charge is 0.358 e. The molecule has 5 heteroatoms. The van der Waals surface area contributed by atoms with E-state index in [1.165, 1.54) is 7.05 Å². The Balaban J connectivity index is 3.06. The first-order chi connectivity index (χ1) is 8.71. The van der Waals surface area contributed by atoms with Crippen molar-refractivity contribution in [2.24, 2.45) is 5.41 Å². The normalized spacial score (nSPS) is 21.9. The Labute approximate surface area is 117 Å². The average molecular weight is 289 g/mol. The van der Waals surface area contributed by atoms with Crippen LogP contribution in [0.2, 0.25) is 0 Å². The second-order valence-electron chi connectivity index (χ2n) is 6.41. The maximum absolute atomic E-state index is 12.6.